The molecule has 0 aliphatic heterocycles. The molecule has 0 aliphatic carbocycles. The average molecular weight is 414 g/mol. The zero-order valence-electron chi connectivity index (χ0n) is 16.0. The first kappa shape index (κ1) is 20.2. The lowest BCUT2D eigenvalue weighted by molar-refractivity contribution is -0.119. The van der Waals surface area contributed by atoms with Crippen LogP contribution < -0.4 is 5.32 Å². The standard InChI is InChI=1S/C19H18N4O5S/c1-11-12(2)29-17(16(11)19(26)27-3)22-15(24)8-28-18(25)13-4-6-14(7-5-13)23-10-20-9-21-23/h4-7,9-10H,8H2,1-3H3,(H,22,24). The molecule has 0 unspecified atom stereocenters. The van der Waals surface area contributed by atoms with Gasteiger partial charge in [0.05, 0.1) is 23.9 Å². The number of amides is 1. The van der Waals surface area contributed by atoms with Crippen LogP contribution in [0, 0.1) is 13.8 Å². The quantitative estimate of drug-likeness (QED) is 0.617. The highest BCUT2D eigenvalue weighted by Gasteiger charge is 2.22. The van der Waals surface area contributed by atoms with Gasteiger partial charge in [0.25, 0.3) is 5.91 Å². The van der Waals surface area contributed by atoms with Crippen LogP contribution in [-0.2, 0) is 14.3 Å². The number of esters is 2. The van der Waals surface area contributed by atoms with Crippen LogP contribution in [0.4, 0.5) is 5.00 Å². The summed E-state index contributed by atoms with van der Waals surface area (Å²) >= 11 is 1.26. The van der Waals surface area contributed by atoms with Crippen molar-refractivity contribution in [1.29, 1.82) is 0 Å². The predicted molar refractivity (Wildman–Crippen MR) is 105 cm³/mol. The molecule has 0 saturated carbocycles. The lowest BCUT2D eigenvalue weighted by atomic mass is 10.1. The molecule has 0 radical (unpaired) electrons. The molecule has 0 aliphatic rings. The van der Waals surface area contributed by atoms with Gasteiger partial charge in [-0.25, -0.2) is 19.3 Å². The van der Waals surface area contributed by atoms with Crippen molar-refractivity contribution in [2.45, 2.75) is 13.8 Å². The van der Waals surface area contributed by atoms with Crippen LogP contribution in [0.2, 0.25) is 0 Å². The number of rotatable bonds is 6. The third-order valence-electron chi connectivity index (χ3n) is 4.15. The van der Waals surface area contributed by atoms with Crippen LogP contribution >= 0.6 is 11.3 Å². The van der Waals surface area contributed by atoms with Gasteiger partial charge in [0.2, 0.25) is 0 Å². The smallest absolute Gasteiger partial charge is 0.341 e. The van der Waals surface area contributed by atoms with Crippen molar-refractivity contribution in [3.63, 3.8) is 0 Å². The normalized spacial score (nSPS) is 10.4. The summed E-state index contributed by atoms with van der Waals surface area (Å²) in [5.74, 6) is -1.73. The van der Waals surface area contributed by atoms with E-state index in [1.54, 1.807) is 35.9 Å². The van der Waals surface area contributed by atoms with Crippen molar-refractivity contribution < 1.29 is 23.9 Å². The third kappa shape index (κ3) is 4.49. The summed E-state index contributed by atoms with van der Waals surface area (Å²) in [6, 6.07) is 6.51. The summed E-state index contributed by atoms with van der Waals surface area (Å²) in [7, 11) is 1.27. The molecule has 3 rings (SSSR count). The number of hydrogen-bond acceptors (Lipinski definition) is 8. The van der Waals surface area contributed by atoms with Gasteiger partial charge >= 0.3 is 11.9 Å². The van der Waals surface area contributed by atoms with Gasteiger partial charge in [-0.1, -0.05) is 0 Å². The Balaban J connectivity index is 1.60. The summed E-state index contributed by atoms with van der Waals surface area (Å²) in [6.07, 6.45) is 2.94. The Morgan fingerprint density at radius 3 is 2.48 bits per heavy atom. The van der Waals surface area contributed by atoms with E-state index in [4.69, 9.17) is 9.47 Å². The third-order valence-corrected chi connectivity index (χ3v) is 5.27. The van der Waals surface area contributed by atoms with E-state index in [2.05, 4.69) is 15.4 Å². The first-order valence-corrected chi connectivity index (χ1v) is 9.32. The molecule has 10 heteroatoms. The van der Waals surface area contributed by atoms with Gasteiger partial charge < -0.3 is 14.8 Å². The minimum Gasteiger partial charge on any atom is -0.465 e. The van der Waals surface area contributed by atoms with E-state index >= 15 is 0 Å². The lowest BCUT2D eigenvalue weighted by Gasteiger charge is -2.08. The first-order valence-electron chi connectivity index (χ1n) is 8.51. The van der Waals surface area contributed by atoms with Crippen LogP contribution in [0.5, 0.6) is 0 Å². The number of carbonyl (C=O) groups is 3. The largest absolute Gasteiger partial charge is 0.465 e. The summed E-state index contributed by atoms with van der Waals surface area (Å²) in [5.41, 5.74) is 2.07. The molecule has 29 heavy (non-hydrogen) atoms. The maximum atomic E-state index is 12.2. The molecule has 2 aromatic heterocycles. The zero-order chi connectivity index (χ0) is 21.0. The van der Waals surface area contributed by atoms with Crippen molar-refractivity contribution in [2.75, 3.05) is 19.0 Å². The molecular formula is C19H18N4O5S. The summed E-state index contributed by atoms with van der Waals surface area (Å²) in [4.78, 5) is 41.0. The van der Waals surface area contributed by atoms with Crippen molar-refractivity contribution in [3.05, 3.63) is 58.5 Å². The summed E-state index contributed by atoms with van der Waals surface area (Å²) in [6.45, 7) is 3.13. The van der Waals surface area contributed by atoms with E-state index in [1.807, 2.05) is 6.92 Å². The second-order valence-corrected chi connectivity index (χ2v) is 7.21. The van der Waals surface area contributed by atoms with Crippen LogP contribution in [-0.4, -0.2) is 46.3 Å². The van der Waals surface area contributed by atoms with Gasteiger partial charge in [-0.15, -0.1) is 11.3 Å². The maximum Gasteiger partial charge on any atom is 0.341 e. The molecule has 9 nitrogen and oxygen atoms in total. The fourth-order valence-corrected chi connectivity index (χ4v) is 3.60. The number of carbonyl (C=O) groups excluding carboxylic acids is 3. The molecule has 0 fully saturated rings. The minimum absolute atomic E-state index is 0.291. The number of thiophene rings is 1. The number of aryl methyl sites for hydroxylation is 1. The fourth-order valence-electron chi connectivity index (χ4n) is 2.53. The Morgan fingerprint density at radius 1 is 1.14 bits per heavy atom. The summed E-state index contributed by atoms with van der Waals surface area (Å²) in [5, 5.41) is 6.97. The SMILES string of the molecule is COC(=O)c1c(NC(=O)COC(=O)c2ccc(-n3cncn3)cc2)sc(C)c1C. The van der Waals surface area contributed by atoms with E-state index in [1.165, 1.54) is 31.1 Å². The van der Waals surface area contributed by atoms with Gasteiger partial charge in [0.15, 0.2) is 6.61 Å². The Kier molecular flexibility index (Phi) is 6.03. The Bertz CT molecular complexity index is 1040. The molecule has 1 amide bonds. The van der Waals surface area contributed by atoms with Crippen molar-refractivity contribution in [2.24, 2.45) is 0 Å². The Hall–Kier alpha value is -3.53. The highest BCUT2D eigenvalue weighted by atomic mass is 32.1. The number of anilines is 1. The van der Waals surface area contributed by atoms with Gasteiger partial charge in [-0.3, -0.25) is 4.79 Å². The predicted octanol–water partition coefficient (Wildman–Crippen LogP) is 2.53. The van der Waals surface area contributed by atoms with E-state index in [0.717, 1.165) is 16.1 Å². The van der Waals surface area contributed by atoms with Crippen LogP contribution in [0.15, 0.2) is 36.9 Å². The minimum atomic E-state index is -0.642. The highest BCUT2D eigenvalue weighted by Crippen LogP contribution is 2.32. The maximum absolute atomic E-state index is 12.2. The van der Waals surface area contributed by atoms with E-state index in [-0.39, 0.29) is 0 Å². The Labute approximate surface area is 170 Å². The Morgan fingerprint density at radius 2 is 1.86 bits per heavy atom. The number of aromatic nitrogens is 3. The molecule has 0 bridgehead atoms. The lowest BCUT2D eigenvalue weighted by Crippen LogP contribution is -2.21. The molecule has 0 saturated heterocycles. The molecular weight excluding hydrogens is 396 g/mol. The molecule has 0 atom stereocenters. The number of nitrogens with one attached hydrogen (secondary N) is 1. The monoisotopic (exact) mass is 414 g/mol. The molecule has 1 N–H and O–H groups in total. The van der Waals surface area contributed by atoms with E-state index < -0.39 is 24.5 Å². The number of hydrogen-bond donors (Lipinski definition) is 1. The average Bonchev–Trinajstić information content (AvgIpc) is 3.35. The van der Waals surface area contributed by atoms with Crippen molar-refractivity contribution in [1.82, 2.24) is 14.8 Å². The number of nitrogens with zero attached hydrogens (tertiary/aromatic N) is 3. The van der Waals surface area contributed by atoms with Gasteiger partial charge in [0, 0.05) is 4.88 Å². The highest BCUT2D eigenvalue weighted by molar-refractivity contribution is 7.16. The second-order valence-electron chi connectivity index (χ2n) is 5.99. The van der Waals surface area contributed by atoms with Crippen LogP contribution in [0.25, 0.3) is 5.69 Å². The second kappa shape index (κ2) is 8.65. The number of ether oxygens (including phenoxy) is 2. The van der Waals surface area contributed by atoms with E-state index in [0.29, 0.717) is 16.1 Å². The summed E-state index contributed by atoms with van der Waals surface area (Å²) < 4.78 is 11.4. The topological polar surface area (TPSA) is 112 Å². The van der Waals surface area contributed by atoms with Gasteiger partial charge in [0.1, 0.15) is 17.7 Å². The molecule has 1 aromatic carbocycles. The first-order chi connectivity index (χ1) is 13.9. The van der Waals surface area contributed by atoms with Gasteiger partial charge in [-0.2, -0.15) is 5.10 Å². The fraction of sp³-hybridized carbons (Fsp3) is 0.211. The van der Waals surface area contributed by atoms with Crippen LogP contribution in [0.3, 0.4) is 0 Å². The molecule has 150 valence electrons. The molecule has 0 spiro atoms. The van der Waals surface area contributed by atoms with Crippen LogP contribution in [0.1, 0.15) is 31.2 Å². The van der Waals surface area contributed by atoms with Gasteiger partial charge in [-0.05, 0) is 43.7 Å². The van der Waals surface area contributed by atoms with Crippen molar-refractivity contribution >= 4 is 34.2 Å². The number of benzene rings is 1. The zero-order valence-corrected chi connectivity index (χ0v) is 16.8. The van der Waals surface area contributed by atoms with Crippen molar-refractivity contribution in [3.8, 4) is 5.69 Å². The molecule has 2 heterocycles. The molecule has 3 aromatic rings. The van der Waals surface area contributed by atoms with E-state index in [9.17, 15) is 14.4 Å². The number of methoxy groups -OCH3 is 1.